The summed E-state index contributed by atoms with van der Waals surface area (Å²) in [6.45, 7) is 3.08. The fraction of sp³-hybridized carbons (Fsp3) is 0.176. The topological polar surface area (TPSA) is 115 Å². The molecule has 3 amide bonds. The van der Waals surface area contributed by atoms with Gasteiger partial charge in [-0.3, -0.25) is 4.79 Å². The molecular weight excluding hydrogens is 320 g/mol. The van der Waals surface area contributed by atoms with E-state index >= 15 is 0 Å². The van der Waals surface area contributed by atoms with Gasteiger partial charge in [0.25, 0.3) is 5.91 Å². The SMILES string of the molecule is CCn1nnc2cc(C(=O)NCc3ccc(NC(N)=O)cc3)ccc21. The van der Waals surface area contributed by atoms with Crippen molar-refractivity contribution in [2.45, 2.75) is 20.0 Å². The molecule has 0 atom stereocenters. The first-order valence-corrected chi connectivity index (χ1v) is 7.83. The van der Waals surface area contributed by atoms with Crippen LogP contribution in [0, 0.1) is 0 Å². The molecule has 128 valence electrons. The summed E-state index contributed by atoms with van der Waals surface area (Å²) < 4.78 is 1.78. The van der Waals surface area contributed by atoms with Crippen molar-refractivity contribution in [3.05, 3.63) is 53.6 Å². The molecule has 1 aromatic heterocycles. The minimum absolute atomic E-state index is 0.188. The Balaban J connectivity index is 1.65. The Labute approximate surface area is 144 Å². The van der Waals surface area contributed by atoms with Gasteiger partial charge in [0.15, 0.2) is 0 Å². The lowest BCUT2D eigenvalue weighted by molar-refractivity contribution is 0.0951. The van der Waals surface area contributed by atoms with Crippen molar-refractivity contribution < 1.29 is 9.59 Å². The van der Waals surface area contributed by atoms with E-state index in [1.54, 1.807) is 28.9 Å². The van der Waals surface area contributed by atoms with E-state index in [-0.39, 0.29) is 5.91 Å². The van der Waals surface area contributed by atoms with Gasteiger partial charge in [0.1, 0.15) is 5.52 Å². The minimum Gasteiger partial charge on any atom is -0.351 e. The van der Waals surface area contributed by atoms with Crippen LogP contribution in [-0.4, -0.2) is 26.9 Å². The molecular formula is C17H18N6O2. The maximum atomic E-state index is 12.3. The monoisotopic (exact) mass is 338 g/mol. The summed E-state index contributed by atoms with van der Waals surface area (Å²) in [5, 5.41) is 13.4. The molecule has 0 bridgehead atoms. The summed E-state index contributed by atoms with van der Waals surface area (Å²) in [6, 6.07) is 11.8. The van der Waals surface area contributed by atoms with Crippen LogP contribution in [0.2, 0.25) is 0 Å². The van der Waals surface area contributed by atoms with Gasteiger partial charge in [-0.25, -0.2) is 9.48 Å². The highest BCUT2D eigenvalue weighted by Gasteiger charge is 2.09. The van der Waals surface area contributed by atoms with Crippen LogP contribution in [0.5, 0.6) is 0 Å². The average molecular weight is 338 g/mol. The molecule has 0 saturated heterocycles. The molecule has 0 fully saturated rings. The molecule has 3 aromatic rings. The molecule has 8 nitrogen and oxygen atoms in total. The molecule has 3 rings (SSSR count). The lowest BCUT2D eigenvalue weighted by Gasteiger charge is -2.07. The second-order valence-electron chi connectivity index (χ2n) is 5.48. The number of amides is 3. The van der Waals surface area contributed by atoms with Gasteiger partial charge in [-0.2, -0.15) is 0 Å². The maximum Gasteiger partial charge on any atom is 0.316 e. The summed E-state index contributed by atoms with van der Waals surface area (Å²) in [5.41, 5.74) is 8.69. The predicted octanol–water partition coefficient (Wildman–Crippen LogP) is 1.87. The van der Waals surface area contributed by atoms with Crippen molar-refractivity contribution in [3.63, 3.8) is 0 Å². The van der Waals surface area contributed by atoms with Crippen molar-refractivity contribution in [2.24, 2.45) is 5.73 Å². The summed E-state index contributed by atoms with van der Waals surface area (Å²) in [4.78, 5) is 23.1. The zero-order valence-electron chi connectivity index (χ0n) is 13.7. The highest BCUT2D eigenvalue weighted by atomic mass is 16.2. The number of primary amides is 1. The molecule has 0 aliphatic carbocycles. The number of urea groups is 1. The van der Waals surface area contributed by atoms with Crippen LogP contribution >= 0.6 is 0 Å². The van der Waals surface area contributed by atoms with E-state index in [2.05, 4.69) is 20.9 Å². The van der Waals surface area contributed by atoms with Gasteiger partial charge in [-0.05, 0) is 42.8 Å². The standard InChI is InChI=1S/C17H18N6O2/c1-2-23-15-8-5-12(9-14(15)21-22-23)16(24)19-10-11-3-6-13(7-4-11)20-17(18)25/h3-9H,2,10H2,1H3,(H,19,24)(H3,18,20,25). The van der Waals surface area contributed by atoms with Crippen LogP contribution in [-0.2, 0) is 13.1 Å². The fourth-order valence-electron chi connectivity index (χ4n) is 2.48. The predicted molar refractivity (Wildman–Crippen MR) is 94.0 cm³/mol. The van der Waals surface area contributed by atoms with E-state index in [0.29, 0.717) is 23.3 Å². The second-order valence-corrected chi connectivity index (χ2v) is 5.48. The number of aromatic nitrogens is 3. The number of benzene rings is 2. The number of carbonyl (C=O) groups excluding carboxylic acids is 2. The van der Waals surface area contributed by atoms with Crippen LogP contribution in [0.4, 0.5) is 10.5 Å². The molecule has 0 saturated carbocycles. The molecule has 0 aliphatic rings. The Bertz CT molecular complexity index is 917. The van der Waals surface area contributed by atoms with Crippen molar-refractivity contribution >= 4 is 28.7 Å². The van der Waals surface area contributed by atoms with E-state index in [1.807, 2.05) is 25.1 Å². The summed E-state index contributed by atoms with van der Waals surface area (Å²) in [5.74, 6) is -0.188. The quantitative estimate of drug-likeness (QED) is 0.658. The van der Waals surface area contributed by atoms with E-state index < -0.39 is 6.03 Å². The molecule has 4 N–H and O–H groups in total. The van der Waals surface area contributed by atoms with Gasteiger partial charge < -0.3 is 16.4 Å². The van der Waals surface area contributed by atoms with Crippen molar-refractivity contribution in [1.82, 2.24) is 20.3 Å². The van der Waals surface area contributed by atoms with Gasteiger partial charge in [0.05, 0.1) is 5.52 Å². The Hall–Kier alpha value is -3.42. The first kappa shape index (κ1) is 16.4. The maximum absolute atomic E-state index is 12.3. The average Bonchev–Trinajstić information content (AvgIpc) is 3.02. The zero-order valence-corrected chi connectivity index (χ0v) is 13.7. The Kier molecular flexibility index (Phi) is 4.60. The van der Waals surface area contributed by atoms with Crippen molar-refractivity contribution in [2.75, 3.05) is 5.32 Å². The molecule has 0 unspecified atom stereocenters. The van der Waals surface area contributed by atoms with E-state index in [1.165, 1.54) is 0 Å². The number of aryl methyl sites for hydroxylation is 1. The van der Waals surface area contributed by atoms with Gasteiger partial charge in [0, 0.05) is 24.3 Å². The number of hydrogen-bond donors (Lipinski definition) is 3. The van der Waals surface area contributed by atoms with Gasteiger partial charge in [-0.15, -0.1) is 5.10 Å². The zero-order chi connectivity index (χ0) is 17.8. The van der Waals surface area contributed by atoms with Crippen LogP contribution in [0.25, 0.3) is 11.0 Å². The van der Waals surface area contributed by atoms with Crippen molar-refractivity contribution in [3.8, 4) is 0 Å². The first-order chi connectivity index (χ1) is 12.1. The van der Waals surface area contributed by atoms with Crippen LogP contribution in [0.15, 0.2) is 42.5 Å². The van der Waals surface area contributed by atoms with Gasteiger partial charge >= 0.3 is 6.03 Å². The van der Waals surface area contributed by atoms with E-state index in [9.17, 15) is 9.59 Å². The minimum atomic E-state index is -0.614. The van der Waals surface area contributed by atoms with Crippen LogP contribution in [0.1, 0.15) is 22.8 Å². The fourth-order valence-corrected chi connectivity index (χ4v) is 2.48. The second kappa shape index (κ2) is 7.00. The molecule has 8 heteroatoms. The summed E-state index contributed by atoms with van der Waals surface area (Å²) in [6.07, 6.45) is 0. The number of nitrogens with one attached hydrogen (secondary N) is 2. The lowest BCUT2D eigenvalue weighted by atomic mass is 10.1. The third-order valence-electron chi connectivity index (χ3n) is 3.75. The Morgan fingerprint density at radius 3 is 2.60 bits per heavy atom. The molecule has 0 spiro atoms. The normalized spacial score (nSPS) is 10.6. The molecule has 0 radical (unpaired) electrons. The molecule has 1 heterocycles. The number of nitrogens with zero attached hydrogens (tertiary/aromatic N) is 3. The lowest BCUT2D eigenvalue weighted by Crippen LogP contribution is -2.23. The van der Waals surface area contributed by atoms with Gasteiger partial charge in [-0.1, -0.05) is 17.3 Å². The van der Waals surface area contributed by atoms with Gasteiger partial charge in [0.2, 0.25) is 0 Å². The largest absolute Gasteiger partial charge is 0.351 e. The molecule has 0 aliphatic heterocycles. The van der Waals surface area contributed by atoms with Crippen LogP contribution < -0.4 is 16.4 Å². The number of anilines is 1. The van der Waals surface area contributed by atoms with Crippen molar-refractivity contribution in [1.29, 1.82) is 0 Å². The smallest absolute Gasteiger partial charge is 0.316 e. The number of fused-ring (bicyclic) bond motifs is 1. The van der Waals surface area contributed by atoms with E-state index in [4.69, 9.17) is 5.73 Å². The number of rotatable bonds is 5. The van der Waals surface area contributed by atoms with Crippen LogP contribution in [0.3, 0.4) is 0 Å². The van der Waals surface area contributed by atoms with E-state index in [0.717, 1.165) is 17.6 Å². The Morgan fingerprint density at radius 2 is 1.92 bits per heavy atom. The Morgan fingerprint density at radius 1 is 1.16 bits per heavy atom. The number of hydrogen-bond acceptors (Lipinski definition) is 4. The highest BCUT2D eigenvalue weighted by Crippen LogP contribution is 2.14. The molecule has 25 heavy (non-hydrogen) atoms. The summed E-state index contributed by atoms with van der Waals surface area (Å²) >= 11 is 0. The third kappa shape index (κ3) is 3.74. The number of nitrogens with two attached hydrogens (primary N) is 1. The first-order valence-electron chi connectivity index (χ1n) is 7.83. The molecule has 2 aromatic carbocycles. The highest BCUT2D eigenvalue weighted by molar-refractivity contribution is 5.97. The number of carbonyl (C=O) groups is 2. The summed E-state index contributed by atoms with van der Waals surface area (Å²) in [7, 11) is 0. The third-order valence-corrected chi connectivity index (χ3v) is 3.75.